The molecular formula is C19H30O5. The number of rotatable bonds is 7. The fourth-order valence-electron chi connectivity index (χ4n) is 4.70. The summed E-state index contributed by atoms with van der Waals surface area (Å²) in [5, 5.41) is 18.6. The summed E-state index contributed by atoms with van der Waals surface area (Å²) >= 11 is 0. The van der Waals surface area contributed by atoms with Crippen LogP contribution in [0.25, 0.3) is 0 Å². The van der Waals surface area contributed by atoms with Gasteiger partial charge >= 0.3 is 5.97 Å². The van der Waals surface area contributed by atoms with E-state index < -0.39 is 5.97 Å². The lowest BCUT2D eigenvalue weighted by molar-refractivity contribution is -0.198. The highest BCUT2D eigenvalue weighted by Gasteiger charge is 2.47. The van der Waals surface area contributed by atoms with Gasteiger partial charge in [0.25, 0.3) is 0 Å². The number of unbranched alkanes of at least 4 members (excludes halogenated alkanes) is 1. The van der Waals surface area contributed by atoms with Gasteiger partial charge in [-0.1, -0.05) is 11.6 Å². The van der Waals surface area contributed by atoms with E-state index in [1.807, 2.05) is 0 Å². The molecule has 3 aliphatic rings. The molecule has 24 heavy (non-hydrogen) atoms. The Labute approximate surface area is 144 Å². The van der Waals surface area contributed by atoms with Crippen molar-refractivity contribution in [2.75, 3.05) is 13.2 Å². The minimum absolute atomic E-state index is 0.0809. The molecule has 1 unspecified atom stereocenters. The van der Waals surface area contributed by atoms with Crippen LogP contribution in [0.5, 0.6) is 0 Å². The molecule has 0 spiro atoms. The largest absolute Gasteiger partial charge is 0.481 e. The van der Waals surface area contributed by atoms with Gasteiger partial charge in [-0.2, -0.15) is 0 Å². The average molecular weight is 338 g/mol. The third-order valence-corrected chi connectivity index (χ3v) is 5.89. The van der Waals surface area contributed by atoms with Gasteiger partial charge in [0.1, 0.15) is 0 Å². The van der Waals surface area contributed by atoms with Gasteiger partial charge in [0.05, 0.1) is 6.10 Å². The molecule has 0 radical (unpaired) electrons. The van der Waals surface area contributed by atoms with Gasteiger partial charge in [0.15, 0.2) is 6.29 Å². The summed E-state index contributed by atoms with van der Waals surface area (Å²) < 4.78 is 11.9. The fraction of sp³-hybridized carbons (Fsp3) is 0.842. The first-order valence-corrected chi connectivity index (χ1v) is 9.45. The molecule has 3 rings (SSSR count). The number of carbonyl (C=O) groups is 1. The number of aliphatic hydroxyl groups is 1. The Balaban J connectivity index is 1.49. The van der Waals surface area contributed by atoms with Crippen molar-refractivity contribution < 1.29 is 24.5 Å². The zero-order valence-corrected chi connectivity index (χ0v) is 14.4. The highest BCUT2D eigenvalue weighted by molar-refractivity contribution is 5.66. The summed E-state index contributed by atoms with van der Waals surface area (Å²) in [5.74, 6) is 0.600. The standard InChI is InChI=1S/C19H30O5/c20-12-16-15-10-13(5-1-2-6-18(21)22)9-14(15)11-17(16)24-19-7-3-4-8-23-19/h5,14-17,19-20H,1-4,6-12H2,(H,21,22)/b13-5-/t14-,15-,16+,17+,19?/m0/s1. The van der Waals surface area contributed by atoms with Gasteiger partial charge in [0, 0.05) is 25.6 Å². The second-order valence-corrected chi connectivity index (χ2v) is 7.53. The van der Waals surface area contributed by atoms with Gasteiger partial charge in [0.2, 0.25) is 0 Å². The summed E-state index contributed by atoms with van der Waals surface area (Å²) in [4.78, 5) is 10.6. The molecule has 136 valence electrons. The number of carboxylic acids is 1. The van der Waals surface area contributed by atoms with Gasteiger partial charge < -0.3 is 19.7 Å². The van der Waals surface area contributed by atoms with Crippen LogP contribution >= 0.6 is 0 Å². The Morgan fingerprint density at radius 3 is 2.92 bits per heavy atom. The molecule has 0 aromatic carbocycles. The summed E-state index contributed by atoms with van der Waals surface area (Å²) in [6.07, 6.45) is 10.5. The van der Waals surface area contributed by atoms with Gasteiger partial charge in [-0.3, -0.25) is 4.79 Å². The predicted octanol–water partition coefficient (Wildman–Crippen LogP) is 3.12. The average Bonchev–Trinajstić information content (AvgIpc) is 3.09. The van der Waals surface area contributed by atoms with Crippen LogP contribution < -0.4 is 0 Å². The SMILES string of the molecule is O=C(O)CCC/C=C1/C[C@H]2C[C@@H](OC3CCCCO3)[C@H](CO)[C@H]2C1. The molecule has 0 aromatic heterocycles. The van der Waals surface area contributed by atoms with Gasteiger partial charge in [-0.25, -0.2) is 0 Å². The van der Waals surface area contributed by atoms with Crippen LogP contribution in [0, 0.1) is 17.8 Å². The number of fused-ring (bicyclic) bond motifs is 1. The van der Waals surface area contributed by atoms with Crippen molar-refractivity contribution >= 4 is 5.97 Å². The first kappa shape index (κ1) is 17.9. The van der Waals surface area contributed by atoms with E-state index in [1.165, 1.54) is 5.57 Å². The molecule has 1 saturated heterocycles. The zero-order chi connectivity index (χ0) is 16.9. The van der Waals surface area contributed by atoms with Crippen molar-refractivity contribution in [3.63, 3.8) is 0 Å². The van der Waals surface area contributed by atoms with Gasteiger partial charge in [-0.05, 0) is 63.2 Å². The minimum Gasteiger partial charge on any atom is -0.481 e. The second-order valence-electron chi connectivity index (χ2n) is 7.53. The number of aliphatic carboxylic acids is 1. The maximum absolute atomic E-state index is 10.6. The Morgan fingerprint density at radius 2 is 2.21 bits per heavy atom. The monoisotopic (exact) mass is 338 g/mol. The van der Waals surface area contributed by atoms with Crippen LogP contribution in [0.15, 0.2) is 11.6 Å². The smallest absolute Gasteiger partial charge is 0.303 e. The van der Waals surface area contributed by atoms with Crippen molar-refractivity contribution in [3.8, 4) is 0 Å². The maximum atomic E-state index is 10.6. The van der Waals surface area contributed by atoms with Crippen LogP contribution in [0.1, 0.15) is 57.8 Å². The highest BCUT2D eigenvalue weighted by Crippen LogP contribution is 2.51. The lowest BCUT2D eigenvalue weighted by Crippen LogP contribution is -2.32. The van der Waals surface area contributed by atoms with Crippen LogP contribution in [-0.4, -0.2) is 41.8 Å². The molecule has 5 heteroatoms. The fourth-order valence-corrected chi connectivity index (χ4v) is 4.70. The molecule has 5 atom stereocenters. The Hall–Kier alpha value is -0.910. The lowest BCUT2D eigenvalue weighted by atomic mass is 9.92. The second kappa shape index (κ2) is 8.45. The molecule has 2 aliphatic carbocycles. The van der Waals surface area contributed by atoms with Crippen LogP contribution in [-0.2, 0) is 14.3 Å². The molecule has 3 fully saturated rings. The number of hydrogen-bond acceptors (Lipinski definition) is 4. The Kier molecular flexibility index (Phi) is 6.31. The highest BCUT2D eigenvalue weighted by atomic mass is 16.7. The van der Waals surface area contributed by atoms with Crippen molar-refractivity contribution in [2.45, 2.75) is 70.2 Å². The van der Waals surface area contributed by atoms with Crippen LogP contribution in [0.4, 0.5) is 0 Å². The molecule has 1 heterocycles. The predicted molar refractivity (Wildman–Crippen MR) is 89.4 cm³/mol. The molecule has 0 aromatic rings. The molecular weight excluding hydrogens is 308 g/mol. The van der Waals surface area contributed by atoms with E-state index in [9.17, 15) is 9.90 Å². The lowest BCUT2D eigenvalue weighted by Gasteiger charge is -2.29. The van der Waals surface area contributed by atoms with E-state index in [-0.39, 0.29) is 31.3 Å². The first-order chi connectivity index (χ1) is 11.7. The van der Waals surface area contributed by atoms with Crippen LogP contribution in [0.2, 0.25) is 0 Å². The first-order valence-electron chi connectivity index (χ1n) is 9.45. The minimum atomic E-state index is -0.720. The molecule has 2 N–H and O–H groups in total. The summed E-state index contributed by atoms with van der Waals surface area (Å²) in [5.41, 5.74) is 1.45. The summed E-state index contributed by atoms with van der Waals surface area (Å²) in [6, 6.07) is 0. The van der Waals surface area contributed by atoms with Crippen molar-refractivity contribution in [3.05, 3.63) is 11.6 Å². The van der Waals surface area contributed by atoms with Crippen molar-refractivity contribution in [2.24, 2.45) is 17.8 Å². The zero-order valence-electron chi connectivity index (χ0n) is 14.4. The van der Waals surface area contributed by atoms with E-state index >= 15 is 0 Å². The summed E-state index contributed by atoms with van der Waals surface area (Å²) in [6.45, 7) is 0.974. The van der Waals surface area contributed by atoms with Crippen molar-refractivity contribution in [1.82, 2.24) is 0 Å². The van der Waals surface area contributed by atoms with E-state index in [0.717, 1.165) is 51.6 Å². The summed E-state index contributed by atoms with van der Waals surface area (Å²) in [7, 11) is 0. The molecule has 5 nitrogen and oxygen atoms in total. The Bertz CT molecular complexity index is 455. The van der Waals surface area contributed by atoms with Gasteiger partial charge in [-0.15, -0.1) is 0 Å². The molecule has 0 amide bonds. The number of hydrogen-bond donors (Lipinski definition) is 2. The number of aliphatic hydroxyl groups excluding tert-OH is 1. The normalized spacial score (nSPS) is 37.7. The van der Waals surface area contributed by atoms with Crippen molar-refractivity contribution in [1.29, 1.82) is 0 Å². The van der Waals surface area contributed by atoms with Crippen LogP contribution in [0.3, 0.4) is 0 Å². The van der Waals surface area contributed by atoms with E-state index in [4.69, 9.17) is 14.6 Å². The number of carboxylic acid groups (broad SMARTS) is 1. The van der Waals surface area contributed by atoms with E-state index in [0.29, 0.717) is 18.3 Å². The topological polar surface area (TPSA) is 76.0 Å². The quantitative estimate of drug-likeness (QED) is 0.551. The van der Waals surface area contributed by atoms with E-state index in [2.05, 4.69) is 6.08 Å². The molecule has 1 aliphatic heterocycles. The third kappa shape index (κ3) is 4.38. The van der Waals surface area contributed by atoms with E-state index in [1.54, 1.807) is 0 Å². The molecule has 0 bridgehead atoms. The number of ether oxygens (including phenoxy) is 2. The Morgan fingerprint density at radius 1 is 1.33 bits per heavy atom. The maximum Gasteiger partial charge on any atom is 0.303 e. The molecule has 2 saturated carbocycles. The number of allylic oxidation sites excluding steroid dienone is 2. The third-order valence-electron chi connectivity index (χ3n) is 5.89.